The van der Waals surface area contributed by atoms with Crippen molar-refractivity contribution in [2.24, 2.45) is 0 Å². The van der Waals surface area contributed by atoms with Gasteiger partial charge in [-0.25, -0.2) is 4.98 Å². The topological polar surface area (TPSA) is 82.5 Å². The van der Waals surface area contributed by atoms with Gasteiger partial charge in [0, 0.05) is 30.1 Å². The molecule has 0 aliphatic carbocycles. The van der Waals surface area contributed by atoms with Crippen molar-refractivity contribution >= 4 is 28.3 Å². The minimum Gasteiger partial charge on any atom is -0.508 e. The van der Waals surface area contributed by atoms with Crippen LogP contribution < -0.4 is 5.32 Å². The zero-order valence-electron chi connectivity index (χ0n) is 14.3. The Morgan fingerprint density at radius 3 is 2.85 bits per heavy atom. The third-order valence-corrected chi connectivity index (χ3v) is 5.22. The van der Waals surface area contributed by atoms with Crippen molar-refractivity contribution in [2.45, 2.75) is 19.0 Å². The number of nitrogens with one attached hydrogen (secondary N) is 1. The lowest BCUT2D eigenvalue weighted by atomic mass is 10.0. The number of anilines is 1. The number of thiazole rings is 1. The molecule has 1 aromatic heterocycles. The first kappa shape index (κ1) is 17.2. The standard InChI is InChI=1S/C20H17N3O3S/c24-15-6-3-4-13(10-15)11-17(18(25)22-20-21-8-9-27-20)23-12-14-5-1-2-7-16(14)19(23)26/h1-10,17,24H,11-12H2,(H,21,22,25). The average molecular weight is 379 g/mol. The van der Waals surface area contributed by atoms with Crippen molar-refractivity contribution in [3.05, 3.63) is 76.8 Å². The second kappa shape index (κ2) is 7.20. The molecule has 2 aromatic carbocycles. The van der Waals surface area contributed by atoms with Gasteiger partial charge >= 0.3 is 0 Å². The highest BCUT2D eigenvalue weighted by atomic mass is 32.1. The molecule has 0 spiro atoms. The Kier molecular flexibility index (Phi) is 4.60. The lowest BCUT2D eigenvalue weighted by Crippen LogP contribution is -2.45. The number of benzene rings is 2. The van der Waals surface area contributed by atoms with Crippen molar-refractivity contribution in [3.8, 4) is 5.75 Å². The van der Waals surface area contributed by atoms with Gasteiger partial charge in [-0.05, 0) is 29.3 Å². The third kappa shape index (κ3) is 3.54. The van der Waals surface area contributed by atoms with E-state index in [4.69, 9.17) is 0 Å². The summed E-state index contributed by atoms with van der Waals surface area (Å²) in [5.74, 6) is -0.331. The van der Waals surface area contributed by atoms with Crippen LogP contribution in [-0.4, -0.2) is 32.8 Å². The van der Waals surface area contributed by atoms with E-state index in [9.17, 15) is 14.7 Å². The lowest BCUT2D eigenvalue weighted by Gasteiger charge is -2.26. The number of phenols is 1. The van der Waals surface area contributed by atoms with Crippen LogP contribution in [0.3, 0.4) is 0 Å². The van der Waals surface area contributed by atoms with Gasteiger partial charge in [-0.2, -0.15) is 0 Å². The molecule has 4 rings (SSSR count). The summed E-state index contributed by atoms with van der Waals surface area (Å²) in [6.45, 7) is 0.379. The van der Waals surface area contributed by atoms with E-state index in [0.29, 0.717) is 23.7 Å². The van der Waals surface area contributed by atoms with Crippen LogP contribution in [0.25, 0.3) is 0 Å². The summed E-state index contributed by atoms with van der Waals surface area (Å²) in [7, 11) is 0. The maximum absolute atomic E-state index is 13.0. The van der Waals surface area contributed by atoms with Crippen LogP contribution >= 0.6 is 11.3 Å². The summed E-state index contributed by atoms with van der Waals surface area (Å²) < 4.78 is 0. The predicted molar refractivity (Wildman–Crippen MR) is 103 cm³/mol. The van der Waals surface area contributed by atoms with E-state index in [0.717, 1.165) is 11.1 Å². The van der Waals surface area contributed by atoms with Gasteiger partial charge in [-0.3, -0.25) is 9.59 Å². The van der Waals surface area contributed by atoms with Gasteiger partial charge in [0.05, 0.1) is 0 Å². The number of carbonyl (C=O) groups is 2. The fourth-order valence-corrected chi connectivity index (χ4v) is 3.79. The molecule has 7 heteroatoms. The van der Waals surface area contributed by atoms with Gasteiger partial charge in [0.15, 0.2) is 5.13 Å². The quantitative estimate of drug-likeness (QED) is 0.714. The van der Waals surface area contributed by atoms with Crippen molar-refractivity contribution < 1.29 is 14.7 Å². The summed E-state index contributed by atoms with van der Waals surface area (Å²) in [6.07, 6.45) is 1.91. The summed E-state index contributed by atoms with van der Waals surface area (Å²) in [5.41, 5.74) is 2.31. The maximum atomic E-state index is 13.0. The molecule has 0 bridgehead atoms. The number of rotatable bonds is 5. The smallest absolute Gasteiger partial charge is 0.255 e. The Bertz CT molecular complexity index is 988. The number of aromatic hydroxyl groups is 1. The normalized spacial score (nSPS) is 14.1. The lowest BCUT2D eigenvalue weighted by molar-refractivity contribution is -0.120. The SMILES string of the molecule is O=C(Nc1nccs1)C(Cc1cccc(O)c1)N1Cc2ccccc2C1=O. The summed E-state index contributed by atoms with van der Waals surface area (Å²) in [6, 6.07) is 13.4. The molecule has 2 heterocycles. The predicted octanol–water partition coefficient (Wildman–Crippen LogP) is 3.05. The Balaban J connectivity index is 1.63. The third-order valence-electron chi connectivity index (χ3n) is 4.53. The number of aromatic nitrogens is 1. The summed E-state index contributed by atoms with van der Waals surface area (Å²) in [4.78, 5) is 31.5. The van der Waals surface area contributed by atoms with Crippen LogP contribution in [-0.2, 0) is 17.8 Å². The molecule has 27 heavy (non-hydrogen) atoms. The highest BCUT2D eigenvalue weighted by molar-refractivity contribution is 7.13. The second-order valence-electron chi connectivity index (χ2n) is 6.31. The fourth-order valence-electron chi connectivity index (χ4n) is 3.25. The van der Waals surface area contributed by atoms with Crippen molar-refractivity contribution in [1.29, 1.82) is 0 Å². The molecule has 1 unspecified atom stereocenters. The molecule has 0 saturated carbocycles. The van der Waals surface area contributed by atoms with Crippen LogP contribution in [0.4, 0.5) is 5.13 Å². The van der Waals surface area contributed by atoms with E-state index in [1.807, 2.05) is 24.3 Å². The molecule has 0 fully saturated rings. The van der Waals surface area contributed by atoms with E-state index < -0.39 is 6.04 Å². The Labute approximate surface area is 160 Å². The molecule has 0 radical (unpaired) electrons. The molecular formula is C20H17N3O3S. The van der Waals surface area contributed by atoms with Crippen molar-refractivity contribution in [3.63, 3.8) is 0 Å². The first-order valence-electron chi connectivity index (χ1n) is 8.49. The van der Waals surface area contributed by atoms with Gasteiger partial charge in [0.2, 0.25) is 5.91 Å². The van der Waals surface area contributed by atoms with Gasteiger partial charge < -0.3 is 15.3 Å². The number of fused-ring (bicyclic) bond motifs is 1. The molecule has 0 saturated heterocycles. The number of hydrogen-bond donors (Lipinski definition) is 2. The van der Waals surface area contributed by atoms with Gasteiger partial charge in [-0.1, -0.05) is 30.3 Å². The van der Waals surface area contributed by atoms with Crippen molar-refractivity contribution in [2.75, 3.05) is 5.32 Å². The molecule has 2 N–H and O–H groups in total. The zero-order chi connectivity index (χ0) is 18.8. The fraction of sp³-hybridized carbons (Fsp3) is 0.150. The zero-order valence-corrected chi connectivity index (χ0v) is 15.1. The molecular weight excluding hydrogens is 362 g/mol. The van der Waals surface area contributed by atoms with E-state index in [1.165, 1.54) is 11.3 Å². The molecule has 1 atom stereocenters. The largest absolute Gasteiger partial charge is 0.508 e. The summed E-state index contributed by atoms with van der Waals surface area (Å²) >= 11 is 1.32. The van der Waals surface area contributed by atoms with Crippen LogP contribution in [0, 0.1) is 0 Å². The molecule has 1 aliphatic heterocycles. The molecule has 6 nitrogen and oxygen atoms in total. The van der Waals surface area contributed by atoms with Crippen LogP contribution in [0.2, 0.25) is 0 Å². The van der Waals surface area contributed by atoms with Crippen molar-refractivity contribution in [1.82, 2.24) is 9.88 Å². The van der Waals surface area contributed by atoms with Crippen LogP contribution in [0.5, 0.6) is 5.75 Å². The van der Waals surface area contributed by atoms with Gasteiger partial charge in [0.1, 0.15) is 11.8 Å². The van der Waals surface area contributed by atoms with Crippen LogP contribution in [0.15, 0.2) is 60.1 Å². The first-order valence-corrected chi connectivity index (χ1v) is 9.37. The number of carbonyl (C=O) groups excluding carboxylic acids is 2. The minimum absolute atomic E-state index is 0.127. The monoisotopic (exact) mass is 379 g/mol. The summed E-state index contributed by atoms with van der Waals surface area (Å²) in [5, 5.41) is 14.8. The van der Waals surface area contributed by atoms with Crippen LogP contribution in [0.1, 0.15) is 21.5 Å². The Morgan fingerprint density at radius 2 is 2.11 bits per heavy atom. The van der Waals surface area contributed by atoms with E-state index in [-0.39, 0.29) is 17.6 Å². The number of amides is 2. The van der Waals surface area contributed by atoms with E-state index in [2.05, 4.69) is 10.3 Å². The molecule has 136 valence electrons. The highest BCUT2D eigenvalue weighted by Crippen LogP contribution is 2.27. The first-order chi connectivity index (χ1) is 13.1. The average Bonchev–Trinajstić information content (AvgIpc) is 3.28. The number of phenolic OH excluding ortho intramolecular Hbond substituents is 1. The molecule has 2 amide bonds. The highest BCUT2D eigenvalue weighted by Gasteiger charge is 2.36. The molecule has 1 aliphatic rings. The second-order valence-corrected chi connectivity index (χ2v) is 7.20. The number of nitrogens with zero attached hydrogens (tertiary/aromatic N) is 2. The Morgan fingerprint density at radius 1 is 1.26 bits per heavy atom. The Hall–Kier alpha value is -3.19. The van der Waals surface area contributed by atoms with Gasteiger partial charge in [0.25, 0.3) is 5.91 Å². The maximum Gasteiger partial charge on any atom is 0.255 e. The van der Waals surface area contributed by atoms with E-state index in [1.54, 1.807) is 40.7 Å². The van der Waals surface area contributed by atoms with Gasteiger partial charge in [-0.15, -0.1) is 11.3 Å². The minimum atomic E-state index is -0.712. The number of hydrogen-bond acceptors (Lipinski definition) is 5. The van der Waals surface area contributed by atoms with E-state index >= 15 is 0 Å². The molecule has 3 aromatic rings.